The fourth-order valence-electron chi connectivity index (χ4n) is 1.83. The van der Waals surface area contributed by atoms with Gasteiger partial charge < -0.3 is 10.4 Å². The minimum absolute atomic E-state index is 0.00740. The lowest BCUT2D eigenvalue weighted by Gasteiger charge is -2.01. The summed E-state index contributed by atoms with van der Waals surface area (Å²) < 4.78 is 14.5. The number of hydrogen-bond acceptors (Lipinski definition) is 4. The molecule has 116 valence electrons. The third-order valence-electron chi connectivity index (χ3n) is 2.86. The van der Waals surface area contributed by atoms with E-state index in [1.54, 1.807) is 12.1 Å². The van der Waals surface area contributed by atoms with Gasteiger partial charge in [0.15, 0.2) is 5.69 Å². The molecule has 0 saturated carbocycles. The van der Waals surface area contributed by atoms with E-state index in [4.69, 9.17) is 5.11 Å². The second-order valence-electron chi connectivity index (χ2n) is 4.68. The monoisotopic (exact) mass is 306 g/mol. The highest BCUT2D eigenvalue weighted by Crippen LogP contribution is 2.05. The van der Waals surface area contributed by atoms with Crippen molar-refractivity contribution in [1.29, 1.82) is 0 Å². The molecule has 1 aromatic carbocycles. The molecular weight excluding hydrogens is 291 g/mol. The van der Waals surface area contributed by atoms with Crippen LogP contribution in [-0.2, 0) is 11.3 Å². The molecule has 2 aromatic rings. The van der Waals surface area contributed by atoms with Gasteiger partial charge in [0.1, 0.15) is 5.82 Å². The van der Waals surface area contributed by atoms with E-state index in [-0.39, 0.29) is 24.5 Å². The minimum atomic E-state index is -0.907. The lowest BCUT2D eigenvalue weighted by molar-refractivity contribution is -0.137. The Kier molecular flexibility index (Phi) is 5.18. The van der Waals surface area contributed by atoms with E-state index >= 15 is 0 Å². The molecule has 0 saturated heterocycles. The van der Waals surface area contributed by atoms with Gasteiger partial charge in [-0.15, -0.1) is 5.10 Å². The number of nitrogens with one attached hydrogen (secondary N) is 1. The van der Waals surface area contributed by atoms with Gasteiger partial charge in [-0.2, -0.15) is 0 Å². The summed E-state index contributed by atoms with van der Waals surface area (Å²) >= 11 is 0. The summed E-state index contributed by atoms with van der Waals surface area (Å²) in [6.45, 7) is 0.555. The first-order chi connectivity index (χ1) is 10.5. The first-order valence-electron chi connectivity index (χ1n) is 6.69. The van der Waals surface area contributed by atoms with Crippen molar-refractivity contribution in [1.82, 2.24) is 20.3 Å². The van der Waals surface area contributed by atoms with E-state index in [1.807, 2.05) is 0 Å². The van der Waals surface area contributed by atoms with Crippen molar-refractivity contribution in [2.75, 3.05) is 6.54 Å². The van der Waals surface area contributed by atoms with Crippen molar-refractivity contribution in [3.8, 4) is 0 Å². The van der Waals surface area contributed by atoms with E-state index in [2.05, 4.69) is 15.6 Å². The second-order valence-corrected chi connectivity index (χ2v) is 4.68. The Hall–Kier alpha value is -2.77. The van der Waals surface area contributed by atoms with Crippen LogP contribution in [-0.4, -0.2) is 38.5 Å². The molecule has 0 fully saturated rings. The van der Waals surface area contributed by atoms with Crippen LogP contribution < -0.4 is 5.32 Å². The van der Waals surface area contributed by atoms with Crippen LogP contribution in [0.1, 0.15) is 28.9 Å². The number of rotatable bonds is 7. The van der Waals surface area contributed by atoms with Gasteiger partial charge in [-0.1, -0.05) is 17.3 Å². The topological polar surface area (TPSA) is 97.1 Å². The standard InChI is InChI=1S/C14H15FN4O3/c15-11-4-1-3-10(7-11)8-19-9-12(17-18-19)14(22)16-6-2-5-13(20)21/h1,3-4,7,9H,2,5-6,8H2,(H,16,22)(H,20,21). The summed E-state index contributed by atoms with van der Waals surface area (Å²) in [6.07, 6.45) is 1.79. The maximum absolute atomic E-state index is 13.1. The fraction of sp³-hybridized carbons (Fsp3) is 0.286. The van der Waals surface area contributed by atoms with Crippen LogP contribution >= 0.6 is 0 Å². The van der Waals surface area contributed by atoms with Crippen LogP contribution in [0.3, 0.4) is 0 Å². The molecule has 22 heavy (non-hydrogen) atoms. The van der Waals surface area contributed by atoms with Crippen LogP contribution in [0.5, 0.6) is 0 Å². The molecule has 7 nitrogen and oxygen atoms in total. The number of carboxylic acid groups (broad SMARTS) is 1. The molecule has 1 heterocycles. The lowest BCUT2D eigenvalue weighted by atomic mass is 10.2. The molecule has 0 aliphatic rings. The van der Waals surface area contributed by atoms with Crippen molar-refractivity contribution in [2.24, 2.45) is 0 Å². The lowest BCUT2D eigenvalue weighted by Crippen LogP contribution is -2.25. The quantitative estimate of drug-likeness (QED) is 0.746. The van der Waals surface area contributed by atoms with Crippen molar-refractivity contribution < 1.29 is 19.1 Å². The molecule has 8 heteroatoms. The fourth-order valence-corrected chi connectivity index (χ4v) is 1.83. The molecule has 0 atom stereocenters. The van der Waals surface area contributed by atoms with E-state index in [0.29, 0.717) is 18.5 Å². The Morgan fingerprint density at radius 1 is 1.36 bits per heavy atom. The van der Waals surface area contributed by atoms with Crippen molar-refractivity contribution >= 4 is 11.9 Å². The molecule has 0 unspecified atom stereocenters. The van der Waals surface area contributed by atoms with Gasteiger partial charge in [0.25, 0.3) is 5.91 Å². The summed E-state index contributed by atoms with van der Waals surface area (Å²) in [5.74, 6) is -1.67. The molecule has 1 amide bonds. The molecular formula is C14H15FN4O3. The number of halogens is 1. The maximum atomic E-state index is 13.1. The smallest absolute Gasteiger partial charge is 0.303 e. The Bertz CT molecular complexity index is 672. The van der Waals surface area contributed by atoms with Gasteiger partial charge in [-0.25, -0.2) is 9.07 Å². The summed E-state index contributed by atoms with van der Waals surface area (Å²) in [5.41, 5.74) is 0.838. The van der Waals surface area contributed by atoms with E-state index in [0.717, 1.165) is 0 Å². The zero-order chi connectivity index (χ0) is 15.9. The first-order valence-corrected chi connectivity index (χ1v) is 6.69. The summed E-state index contributed by atoms with van der Waals surface area (Å²) in [7, 11) is 0. The Morgan fingerprint density at radius 2 is 2.18 bits per heavy atom. The number of carbonyl (C=O) groups excluding carboxylic acids is 1. The Balaban J connectivity index is 1.88. The average Bonchev–Trinajstić information content (AvgIpc) is 2.92. The number of aromatic nitrogens is 3. The van der Waals surface area contributed by atoms with Gasteiger partial charge in [-0.3, -0.25) is 9.59 Å². The summed E-state index contributed by atoms with van der Waals surface area (Å²) in [6, 6.07) is 6.07. The molecule has 1 aromatic heterocycles. The van der Waals surface area contributed by atoms with Crippen molar-refractivity contribution in [2.45, 2.75) is 19.4 Å². The van der Waals surface area contributed by atoms with Gasteiger partial charge in [0.05, 0.1) is 12.7 Å². The molecule has 2 rings (SSSR count). The van der Waals surface area contributed by atoms with E-state index in [1.165, 1.54) is 23.0 Å². The van der Waals surface area contributed by atoms with Crippen molar-refractivity contribution in [3.05, 3.63) is 47.5 Å². The van der Waals surface area contributed by atoms with E-state index < -0.39 is 11.9 Å². The van der Waals surface area contributed by atoms with Gasteiger partial charge >= 0.3 is 5.97 Å². The molecule has 0 aliphatic carbocycles. The Labute approximate surface area is 125 Å². The maximum Gasteiger partial charge on any atom is 0.303 e. The van der Waals surface area contributed by atoms with Crippen LogP contribution in [0.25, 0.3) is 0 Å². The Morgan fingerprint density at radius 3 is 2.91 bits per heavy atom. The van der Waals surface area contributed by atoms with Crippen LogP contribution in [0.4, 0.5) is 4.39 Å². The SMILES string of the molecule is O=C(O)CCCNC(=O)c1cn(Cc2cccc(F)c2)nn1. The first kappa shape index (κ1) is 15.6. The van der Waals surface area contributed by atoms with Gasteiger partial charge in [0.2, 0.25) is 0 Å². The zero-order valence-corrected chi connectivity index (χ0v) is 11.7. The number of amides is 1. The number of nitrogens with zero attached hydrogens (tertiary/aromatic N) is 3. The number of aliphatic carboxylic acids is 1. The van der Waals surface area contributed by atoms with Crippen LogP contribution in [0.15, 0.2) is 30.5 Å². The number of carbonyl (C=O) groups is 2. The third-order valence-corrected chi connectivity index (χ3v) is 2.86. The summed E-state index contributed by atoms with van der Waals surface area (Å²) in [5, 5.41) is 18.6. The van der Waals surface area contributed by atoms with Crippen molar-refractivity contribution in [3.63, 3.8) is 0 Å². The predicted molar refractivity (Wildman–Crippen MR) is 74.7 cm³/mol. The van der Waals surface area contributed by atoms with Gasteiger partial charge in [0, 0.05) is 13.0 Å². The molecule has 2 N–H and O–H groups in total. The molecule has 0 aliphatic heterocycles. The highest BCUT2D eigenvalue weighted by molar-refractivity contribution is 5.91. The van der Waals surface area contributed by atoms with Crippen LogP contribution in [0.2, 0.25) is 0 Å². The molecule has 0 spiro atoms. The average molecular weight is 306 g/mol. The number of carboxylic acids is 1. The largest absolute Gasteiger partial charge is 0.481 e. The van der Waals surface area contributed by atoms with Crippen LogP contribution in [0, 0.1) is 5.82 Å². The number of benzene rings is 1. The number of hydrogen-bond donors (Lipinski definition) is 2. The molecule has 0 bridgehead atoms. The second kappa shape index (κ2) is 7.30. The normalized spacial score (nSPS) is 10.4. The highest BCUT2D eigenvalue weighted by Gasteiger charge is 2.10. The highest BCUT2D eigenvalue weighted by atomic mass is 19.1. The zero-order valence-electron chi connectivity index (χ0n) is 11.7. The third kappa shape index (κ3) is 4.65. The minimum Gasteiger partial charge on any atom is -0.481 e. The summed E-state index contributed by atoms with van der Waals surface area (Å²) in [4.78, 5) is 22.1. The van der Waals surface area contributed by atoms with E-state index in [9.17, 15) is 14.0 Å². The predicted octanol–water partition coefficient (Wildman–Crippen LogP) is 1.06. The van der Waals surface area contributed by atoms with Gasteiger partial charge in [-0.05, 0) is 24.1 Å². The molecule has 0 radical (unpaired) electrons.